The van der Waals surface area contributed by atoms with Crippen molar-refractivity contribution in [2.75, 3.05) is 6.54 Å². The van der Waals surface area contributed by atoms with Gasteiger partial charge in [0, 0.05) is 0 Å². The van der Waals surface area contributed by atoms with Crippen LogP contribution < -0.4 is 4.74 Å². The van der Waals surface area contributed by atoms with E-state index in [0.29, 0.717) is 5.75 Å². The molecule has 22 heavy (non-hydrogen) atoms. The number of carboxylic acids is 1. The number of benzene rings is 1. The average Bonchev–Trinajstić information content (AvgIpc) is 2.68. The van der Waals surface area contributed by atoms with Crippen LogP contribution in [0.25, 0.3) is 6.08 Å². The Morgan fingerprint density at radius 3 is 2.50 bits per heavy atom. The highest BCUT2D eigenvalue weighted by Gasteiger charge is 2.36. The molecule has 1 aromatic rings. The molecule has 0 atom stereocenters. The topological polar surface area (TPSA) is 83.9 Å². The first-order chi connectivity index (χ1) is 10.4. The largest absolute Gasteiger partial charge is 0.491 e. The lowest BCUT2D eigenvalue weighted by Crippen LogP contribution is -2.33. The Labute approximate surface area is 131 Å². The van der Waals surface area contributed by atoms with Crippen molar-refractivity contribution in [1.29, 1.82) is 0 Å². The van der Waals surface area contributed by atoms with E-state index in [0.717, 1.165) is 22.2 Å². The van der Waals surface area contributed by atoms with Gasteiger partial charge in [-0.1, -0.05) is 12.1 Å². The molecule has 6 nitrogen and oxygen atoms in total. The van der Waals surface area contributed by atoms with Gasteiger partial charge < -0.3 is 9.84 Å². The van der Waals surface area contributed by atoms with E-state index in [1.807, 2.05) is 13.8 Å². The summed E-state index contributed by atoms with van der Waals surface area (Å²) >= 11 is 0.737. The maximum Gasteiger partial charge on any atom is 0.323 e. The fraction of sp³-hybridized carbons (Fsp3) is 0.267. The zero-order chi connectivity index (χ0) is 16.3. The maximum absolute atomic E-state index is 12.0. The number of carboxylic acid groups (broad SMARTS) is 1. The molecule has 1 N–H and O–H groups in total. The summed E-state index contributed by atoms with van der Waals surface area (Å²) in [5, 5.41) is 8.13. The van der Waals surface area contributed by atoms with Gasteiger partial charge in [0.1, 0.15) is 12.3 Å². The van der Waals surface area contributed by atoms with E-state index >= 15 is 0 Å². The summed E-state index contributed by atoms with van der Waals surface area (Å²) in [6, 6.07) is 7.08. The Kier molecular flexibility index (Phi) is 4.87. The fourth-order valence-electron chi connectivity index (χ4n) is 1.84. The third kappa shape index (κ3) is 3.88. The monoisotopic (exact) mass is 321 g/mol. The van der Waals surface area contributed by atoms with E-state index in [1.165, 1.54) is 0 Å². The third-order valence-electron chi connectivity index (χ3n) is 2.72. The van der Waals surface area contributed by atoms with Crippen LogP contribution in [0.1, 0.15) is 19.4 Å². The molecule has 0 aliphatic carbocycles. The van der Waals surface area contributed by atoms with E-state index in [9.17, 15) is 14.4 Å². The van der Waals surface area contributed by atoms with Crippen molar-refractivity contribution < 1.29 is 24.2 Å². The number of carbonyl (C=O) groups excluding carboxylic acids is 2. The summed E-state index contributed by atoms with van der Waals surface area (Å²) in [5.41, 5.74) is 0.733. The van der Waals surface area contributed by atoms with Crippen LogP contribution >= 0.6 is 11.8 Å². The third-order valence-corrected chi connectivity index (χ3v) is 3.62. The van der Waals surface area contributed by atoms with E-state index in [2.05, 4.69) is 0 Å². The summed E-state index contributed by atoms with van der Waals surface area (Å²) in [4.78, 5) is 35.2. The van der Waals surface area contributed by atoms with E-state index in [1.54, 1.807) is 30.3 Å². The Morgan fingerprint density at radius 2 is 1.95 bits per heavy atom. The van der Waals surface area contributed by atoms with Gasteiger partial charge in [-0.2, -0.15) is 0 Å². The molecule has 1 fully saturated rings. The van der Waals surface area contributed by atoms with Crippen LogP contribution in [0.5, 0.6) is 5.75 Å². The van der Waals surface area contributed by atoms with Crippen LogP contribution in [-0.4, -0.2) is 39.8 Å². The minimum absolute atomic E-state index is 0.0679. The number of carbonyl (C=O) groups is 3. The van der Waals surface area contributed by atoms with Crippen molar-refractivity contribution in [3.63, 3.8) is 0 Å². The summed E-state index contributed by atoms with van der Waals surface area (Å²) in [5.74, 6) is -1.09. The molecule has 0 saturated carbocycles. The summed E-state index contributed by atoms with van der Waals surface area (Å²) in [6.45, 7) is 3.22. The number of amides is 2. The quantitative estimate of drug-likeness (QED) is 0.839. The number of rotatable bonds is 5. The second-order valence-electron chi connectivity index (χ2n) is 4.90. The Hall–Kier alpha value is -2.28. The molecule has 1 saturated heterocycles. The molecule has 1 aliphatic heterocycles. The van der Waals surface area contributed by atoms with Crippen LogP contribution in [0.15, 0.2) is 29.2 Å². The second kappa shape index (κ2) is 6.65. The smallest absolute Gasteiger partial charge is 0.323 e. The second-order valence-corrected chi connectivity index (χ2v) is 5.89. The average molecular weight is 321 g/mol. The minimum Gasteiger partial charge on any atom is -0.491 e. The molecular formula is C15H15NO5S. The number of hydrogen-bond acceptors (Lipinski definition) is 5. The number of nitrogens with zero attached hydrogens (tertiary/aromatic N) is 1. The fourth-order valence-corrected chi connectivity index (χ4v) is 2.68. The standard InChI is InChI=1S/C15H15NO5S/c1-9(2)21-11-5-3-10(4-6-11)7-12-14(19)16(8-13(17)18)15(20)22-12/h3-7,9H,8H2,1-2H3,(H,17,18). The van der Waals surface area contributed by atoms with Gasteiger partial charge in [-0.05, 0) is 49.4 Å². The molecule has 0 spiro atoms. The van der Waals surface area contributed by atoms with Gasteiger partial charge in [-0.25, -0.2) is 0 Å². The predicted molar refractivity (Wildman–Crippen MR) is 82.5 cm³/mol. The molecule has 0 bridgehead atoms. The van der Waals surface area contributed by atoms with Gasteiger partial charge in [0.25, 0.3) is 11.1 Å². The highest BCUT2D eigenvalue weighted by molar-refractivity contribution is 8.18. The number of thioether (sulfide) groups is 1. The van der Waals surface area contributed by atoms with Crippen LogP contribution in [0.4, 0.5) is 4.79 Å². The van der Waals surface area contributed by atoms with Crippen molar-refractivity contribution in [3.05, 3.63) is 34.7 Å². The first-order valence-electron chi connectivity index (χ1n) is 6.60. The molecule has 0 aromatic heterocycles. The van der Waals surface area contributed by atoms with E-state index in [4.69, 9.17) is 9.84 Å². The van der Waals surface area contributed by atoms with Gasteiger partial charge in [0.2, 0.25) is 0 Å². The Morgan fingerprint density at radius 1 is 1.32 bits per heavy atom. The molecule has 0 unspecified atom stereocenters. The first kappa shape index (κ1) is 16.1. The summed E-state index contributed by atoms with van der Waals surface area (Å²) in [7, 11) is 0. The zero-order valence-corrected chi connectivity index (χ0v) is 12.9. The summed E-state index contributed by atoms with van der Waals surface area (Å²) in [6.07, 6.45) is 1.63. The molecule has 1 aliphatic rings. The normalized spacial score (nSPS) is 16.7. The number of imide groups is 1. The number of ether oxygens (including phenoxy) is 1. The lowest BCUT2D eigenvalue weighted by Gasteiger charge is -2.09. The van der Waals surface area contributed by atoms with Crippen molar-refractivity contribution in [2.45, 2.75) is 20.0 Å². The zero-order valence-electron chi connectivity index (χ0n) is 12.1. The van der Waals surface area contributed by atoms with Crippen LogP contribution in [-0.2, 0) is 9.59 Å². The molecule has 2 rings (SSSR count). The molecule has 0 radical (unpaired) electrons. The van der Waals surface area contributed by atoms with Crippen molar-refractivity contribution >= 4 is 35.0 Å². The molecule has 2 amide bonds. The lowest BCUT2D eigenvalue weighted by atomic mass is 10.2. The molecule has 7 heteroatoms. The van der Waals surface area contributed by atoms with Gasteiger partial charge in [-0.3, -0.25) is 19.3 Å². The van der Waals surface area contributed by atoms with E-state index < -0.39 is 23.7 Å². The van der Waals surface area contributed by atoms with Gasteiger partial charge >= 0.3 is 5.97 Å². The van der Waals surface area contributed by atoms with Crippen LogP contribution in [0, 0.1) is 0 Å². The van der Waals surface area contributed by atoms with Gasteiger partial charge in [-0.15, -0.1) is 0 Å². The number of aliphatic carboxylic acids is 1. The van der Waals surface area contributed by atoms with Crippen LogP contribution in [0.3, 0.4) is 0 Å². The Balaban J connectivity index is 2.14. The first-order valence-corrected chi connectivity index (χ1v) is 7.42. The molecule has 1 heterocycles. The molecule has 116 valence electrons. The van der Waals surface area contributed by atoms with E-state index in [-0.39, 0.29) is 11.0 Å². The van der Waals surface area contributed by atoms with Crippen LogP contribution in [0.2, 0.25) is 0 Å². The minimum atomic E-state index is -1.22. The molecule has 1 aromatic carbocycles. The Bertz CT molecular complexity index is 636. The predicted octanol–water partition coefficient (Wildman–Crippen LogP) is 2.59. The van der Waals surface area contributed by atoms with Gasteiger partial charge in [0.15, 0.2) is 0 Å². The van der Waals surface area contributed by atoms with Crippen molar-refractivity contribution in [1.82, 2.24) is 4.90 Å². The number of hydrogen-bond donors (Lipinski definition) is 1. The lowest BCUT2D eigenvalue weighted by molar-refractivity contribution is -0.140. The van der Waals surface area contributed by atoms with Crippen molar-refractivity contribution in [3.8, 4) is 5.75 Å². The molecular weight excluding hydrogens is 306 g/mol. The highest BCUT2D eigenvalue weighted by Crippen LogP contribution is 2.32. The maximum atomic E-state index is 12.0. The van der Waals surface area contributed by atoms with Crippen molar-refractivity contribution in [2.24, 2.45) is 0 Å². The SMILES string of the molecule is CC(C)Oc1ccc(C=C2SC(=O)N(CC(=O)O)C2=O)cc1. The van der Waals surface area contributed by atoms with Gasteiger partial charge in [0.05, 0.1) is 11.0 Å². The summed E-state index contributed by atoms with van der Waals surface area (Å²) < 4.78 is 5.52. The highest BCUT2D eigenvalue weighted by atomic mass is 32.2.